The van der Waals surface area contributed by atoms with Gasteiger partial charge in [0.05, 0.1) is 0 Å². The van der Waals surface area contributed by atoms with Crippen molar-refractivity contribution in [1.29, 1.82) is 0 Å². The fourth-order valence-corrected chi connectivity index (χ4v) is 3.03. The van der Waals surface area contributed by atoms with Gasteiger partial charge in [0.1, 0.15) is 0 Å². The molecule has 0 aliphatic heterocycles. The lowest BCUT2D eigenvalue weighted by Gasteiger charge is -2.00. The van der Waals surface area contributed by atoms with Crippen molar-refractivity contribution >= 4 is 38.3 Å². The number of nitrogens with one attached hydrogen (secondary N) is 1. The van der Waals surface area contributed by atoms with Crippen LogP contribution in [0.25, 0.3) is 0 Å². The Bertz CT molecular complexity index is 772. The molecule has 110 valence electrons. The Morgan fingerprint density at radius 3 is 2.59 bits per heavy atom. The second-order valence-electron chi connectivity index (χ2n) is 4.62. The van der Waals surface area contributed by atoms with Crippen LogP contribution in [-0.2, 0) is 6.42 Å². The number of hydrogen-bond acceptors (Lipinski definition) is 4. The van der Waals surface area contributed by atoms with Gasteiger partial charge in [-0.2, -0.15) is 0 Å². The first-order chi connectivity index (χ1) is 10.7. The first kappa shape index (κ1) is 14.9. The van der Waals surface area contributed by atoms with Gasteiger partial charge in [-0.05, 0) is 29.8 Å². The van der Waals surface area contributed by atoms with E-state index in [2.05, 4.69) is 43.3 Å². The fraction of sp³-hybridized carbons (Fsp3) is 0.0625. The van der Waals surface area contributed by atoms with Crippen LogP contribution in [-0.4, -0.2) is 15.9 Å². The summed E-state index contributed by atoms with van der Waals surface area (Å²) in [7, 11) is 0. The van der Waals surface area contributed by atoms with Crippen molar-refractivity contribution in [1.82, 2.24) is 9.97 Å². The summed E-state index contributed by atoms with van der Waals surface area (Å²) in [5.74, 6) is -0.174. The van der Waals surface area contributed by atoms with Crippen molar-refractivity contribution in [3.8, 4) is 0 Å². The number of aromatic nitrogens is 2. The number of pyridine rings is 1. The normalized spacial score (nSPS) is 10.4. The summed E-state index contributed by atoms with van der Waals surface area (Å²) in [5.41, 5.74) is 1.78. The lowest BCUT2D eigenvalue weighted by molar-refractivity contribution is 0.102. The number of thiazole rings is 1. The third-order valence-corrected chi connectivity index (χ3v) is 4.45. The van der Waals surface area contributed by atoms with E-state index in [0.29, 0.717) is 10.7 Å². The number of amides is 1. The van der Waals surface area contributed by atoms with Crippen molar-refractivity contribution in [2.75, 3.05) is 5.32 Å². The van der Waals surface area contributed by atoms with Gasteiger partial charge in [0.15, 0.2) is 5.13 Å². The molecular weight excluding hydrogens is 362 g/mol. The molecule has 2 heterocycles. The molecule has 1 aromatic carbocycles. The number of benzene rings is 1. The van der Waals surface area contributed by atoms with Crippen LogP contribution in [0.2, 0.25) is 0 Å². The van der Waals surface area contributed by atoms with Gasteiger partial charge in [0.25, 0.3) is 5.91 Å². The Morgan fingerprint density at radius 1 is 1.14 bits per heavy atom. The number of anilines is 1. The zero-order valence-electron chi connectivity index (χ0n) is 11.5. The largest absolute Gasteiger partial charge is 0.298 e. The van der Waals surface area contributed by atoms with E-state index in [9.17, 15) is 4.79 Å². The predicted octanol–water partition coefficient (Wildman–Crippen LogP) is 4.14. The first-order valence-electron chi connectivity index (χ1n) is 6.61. The van der Waals surface area contributed by atoms with Crippen molar-refractivity contribution in [2.45, 2.75) is 6.42 Å². The van der Waals surface area contributed by atoms with E-state index in [-0.39, 0.29) is 5.91 Å². The highest BCUT2D eigenvalue weighted by Gasteiger charge is 2.09. The van der Waals surface area contributed by atoms with E-state index in [1.54, 1.807) is 30.7 Å². The highest BCUT2D eigenvalue weighted by atomic mass is 79.9. The highest BCUT2D eigenvalue weighted by Crippen LogP contribution is 2.22. The van der Waals surface area contributed by atoms with Crippen molar-refractivity contribution in [2.24, 2.45) is 0 Å². The molecule has 0 atom stereocenters. The molecule has 0 aliphatic carbocycles. The van der Waals surface area contributed by atoms with Gasteiger partial charge in [0.2, 0.25) is 0 Å². The molecule has 0 spiro atoms. The summed E-state index contributed by atoms with van der Waals surface area (Å²) in [6.07, 6.45) is 5.79. The van der Waals surface area contributed by atoms with Gasteiger partial charge in [-0.15, -0.1) is 11.3 Å². The van der Waals surface area contributed by atoms with Gasteiger partial charge in [-0.1, -0.05) is 28.1 Å². The Balaban J connectivity index is 1.66. The molecular formula is C16H12BrN3OS. The molecule has 1 N–H and O–H groups in total. The molecule has 3 rings (SSSR count). The van der Waals surface area contributed by atoms with Gasteiger partial charge in [-0.3, -0.25) is 15.1 Å². The smallest absolute Gasteiger partial charge is 0.257 e. The Morgan fingerprint density at radius 2 is 1.86 bits per heavy atom. The quantitative estimate of drug-likeness (QED) is 0.747. The summed E-state index contributed by atoms with van der Waals surface area (Å²) in [6, 6.07) is 11.5. The Hall–Kier alpha value is -2.05. The van der Waals surface area contributed by atoms with Crippen LogP contribution in [0.1, 0.15) is 20.8 Å². The SMILES string of the molecule is O=C(Nc1ncc(Cc2ccc(Br)cc2)s1)c1ccncc1. The highest BCUT2D eigenvalue weighted by molar-refractivity contribution is 9.10. The van der Waals surface area contributed by atoms with Crippen LogP contribution in [0.4, 0.5) is 5.13 Å². The van der Waals surface area contributed by atoms with Gasteiger partial charge >= 0.3 is 0 Å². The van der Waals surface area contributed by atoms with Gasteiger partial charge in [-0.25, -0.2) is 4.98 Å². The zero-order chi connectivity index (χ0) is 15.4. The average Bonchev–Trinajstić information content (AvgIpc) is 2.97. The minimum atomic E-state index is -0.174. The first-order valence-corrected chi connectivity index (χ1v) is 8.22. The van der Waals surface area contributed by atoms with Crippen molar-refractivity contribution in [3.05, 3.63) is 75.5 Å². The van der Waals surface area contributed by atoms with Crippen LogP contribution >= 0.6 is 27.3 Å². The maximum atomic E-state index is 12.0. The Labute approximate surface area is 140 Å². The van der Waals surface area contributed by atoms with Gasteiger partial charge in [0, 0.05) is 39.9 Å². The molecule has 6 heteroatoms. The van der Waals surface area contributed by atoms with Gasteiger partial charge < -0.3 is 0 Å². The summed E-state index contributed by atoms with van der Waals surface area (Å²) in [6.45, 7) is 0. The maximum Gasteiger partial charge on any atom is 0.257 e. The van der Waals surface area contributed by atoms with E-state index in [4.69, 9.17) is 0 Å². The molecule has 0 fully saturated rings. The van der Waals surface area contributed by atoms with Crippen LogP contribution in [0.3, 0.4) is 0 Å². The van der Waals surface area contributed by atoms with E-state index < -0.39 is 0 Å². The third kappa shape index (κ3) is 3.78. The number of carbonyl (C=O) groups is 1. The number of hydrogen-bond donors (Lipinski definition) is 1. The molecule has 1 amide bonds. The second-order valence-corrected chi connectivity index (χ2v) is 6.66. The molecule has 0 bridgehead atoms. The molecule has 0 saturated heterocycles. The van der Waals surface area contributed by atoms with E-state index >= 15 is 0 Å². The molecule has 3 aromatic rings. The van der Waals surface area contributed by atoms with Crippen molar-refractivity contribution in [3.63, 3.8) is 0 Å². The monoisotopic (exact) mass is 373 g/mol. The minimum absolute atomic E-state index is 0.174. The van der Waals surface area contributed by atoms with Crippen molar-refractivity contribution < 1.29 is 4.79 Å². The lowest BCUT2D eigenvalue weighted by Crippen LogP contribution is -2.11. The zero-order valence-corrected chi connectivity index (χ0v) is 13.9. The summed E-state index contributed by atoms with van der Waals surface area (Å²) in [4.78, 5) is 21.3. The summed E-state index contributed by atoms with van der Waals surface area (Å²) in [5, 5.41) is 3.41. The number of halogens is 1. The standard InChI is InChI=1S/C16H12BrN3OS/c17-13-3-1-11(2-4-13)9-14-10-19-16(22-14)20-15(21)12-5-7-18-8-6-12/h1-8,10H,9H2,(H,19,20,21). The lowest BCUT2D eigenvalue weighted by atomic mass is 10.1. The van der Waals surface area contributed by atoms with Crippen LogP contribution < -0.4 is 5.32 Å². The summed E-state index contributed by atoms with van der Waals surface area (Å²) < 4.78 is 1.06. The Kier molecular flexibility index (Phi) is 4.60. The van der Waals surface area contributed by atoms with Crippen LogP contribution in [0.5, 0.6) is 0 Å². The topological polar surface area (TPSA) is 54.9 Å². The van der Waals surface area contributed by atoms with E-state index in [0.717, 1.165) is 15.8 Å². The molecule has 0 saturated carbocycles. The fourth-order valence-electron chi connectivity index (χ4n) is 1.92. The summed E-state index contributed by atoms with van der Waals surface area (Å²) >= 11 is 4.91. The van der Waals surface area contributed by atoms with E-state index in [1.165, 1.54) is 16.9 Å². The van der Waals surface area contributed by atoms with E-state index in [1.807, 2.05) is 12.1 Å². The maximum absolute atomic E-state index is 12.0. The minimum Gasteiger partial charge on any atom is -0.298 e. The predicted molar refractivity (Wildman–Crippen MR) is 91.3 cm³/mol. The molecule has 22 heavy (non-hydrogen) atoms. The molecule has 0 unspecified atom stereocenters. The number of rotatable bonds is 4. The van der Waals surface area contributed by atoms with Crippen LogP contribution in [0.15, 0.2) is 59.5 Å². The number of nitrogens with zero attached hydrogens (tertiary/aromatic N) is 2. The molecule has 2 aromatic heterocycles. The molecule has 4 nitrogen and oxygen atoms in total. The second kappa shape index (κ2) is 6.81. The average molecular weight is 374 g/mol. The molecule has 0 aliphatic rings. The third-order valence-electron chi connectivity index (χ3n) is 3.01. The number of carbonyl (C=O) groups excluding carboxylic acids is 1. The molecule has 0 radical (unpaired) electrons. The van der Waals surface area contributed by atoms with Crippen LogP contribution in [0, 0.1) is 0 Å².